The summed E-state index contributed by atoms with van der Waals surface area (Å²) in [4.78, 5) is 16.9. The van der Waals surface area contributed by atoms with Crippen LogP contribution in [0.2, 0.25) is 0 Å². The second-order valence-corrected chi connectivity index (χ2v) is 3.19. The molecule has 1 aromatic heterocycles. The Balaban J connectivity index is 3.18. The van der Waals surface area contributed by atoms with Gasteiger partial charge in [0.05, 0.1) is 0 Å². The zero-order valence-corrected chi connectivity index (χ0v) is 6.27. The average Bonchev–Trinajstić information content (AvgIpc) is 2.11. The maximum absolute atomic E-state index is 10.4. The molecule has 0 amide bonds. The summed E-state index contributed by atoms with van der Waals surface area (Å²) in [6.07, 6.45) is 0. The first-order valence-electron chi connectivity index (χ1n) is 2.05. The van der Waals surface area contributed by atoms with Gasteiger partial charge in [-0.25, -0.2) is 4.57 Å². The summed E-state index contributed by atoms with van der Waals surface area (Å²) in [5.41, 5.74) is 0. The third kappa shape index (κ3) is 1.35. The van der Waals surface area contributed by atoms with E-state index in [1.807, 2.05) is 0 Å². The minimum atomic E-state index is -4.40. The first-order valence-corrected chi connectivity index (χ1v) is 4.07. The molecule has 7 nitrogen and oxygen atoms in total. The van der Waals surface area contributed by atoms with Crippen molar-refractivity contribution in [1.29, 1.82) is 0 Å². The summed E-state index contributed by atoms with van der Waals surface area (Å²) in [5.74, 6) is 0. The van der Waals surface area contributed by atoms with Gasteiger partial charge >= 0.3 is 7.75 Å². The fourth-order valence-corrected chi connectivity index (χ4v) is 1.19. The van der Waals surface area contributed by atoms with E-state index in [2.05, 4.69) is 28.2 Å². The van der Waals surface area contributed by atoms with E-state index in [9.17, 15) is 4.57 Å². The minimum Gasteiger partial charge on any atom is -0.307 e. The van der Waals surface area contributed by atoms with Crippen LogP contribution in [0.5, 0.6) is 0 Å². The Morgan fingerprint density at radius 3 is 2.40 bits per heavy atom. The molecule has 1 rings (SSSR count). The van der Waals surface area contributed by atoms with Gasteiger partial charge in [-0.15, -0.1) is 22.2 Å². The molecule has 0 fully saturated rings. The van der Waals surface area contributed by atoms with E-state index in [1.54, 1.807) is 0 Å². The van der Waals surface area contributed by atoms with Crippen molar-refractivity contribution in [2.75, 3.05) is 0 Å². The van der Waals surface area contributed by atoms with Crippen molar-refractivity contribution in [1.82, 2.24) is 20.0 Å². The standard InChI is InChI=1S/CH3N4O3PS/c6-9(7,8)5-1(10)2-3-4-5/h(H,2,4,10)(H2,6,7,8). The Labute approximate surface area is 60.7 Å². The third-order valence-corrected chi connectivity index (χ3v) is 1.88. The van der Waals surface area contributed by atoms with Gasteiger partial charge < -0.3 is 9.79 Å². The summed E-state index contributed by atoms with van der Waals surface area (Å²) >= 11 is 3.58. The van der Waals surface area contributed by atoms with E-state index in [1.165, 1.54) is 0 Å². The number of aromatic nitrogens is 4. The van der Waals surface area contributed by atoms with Crippen LogP contribution in [0.1, 0.15) is 0 Å². The lowest BCUT2D eigenvalue weighted by Gasteiger charge is -1.99. The maximum Gasteiger partial charge on any atom is 0.453 e. The van der Waals surface area contributed by atoms with Gasteiger partial charge in [0.2, 0.25) is 5.16 Å². The highest BCUT2D eigenvalue weighted by Crippen LogP contribution is 2.36. The first kappa shape index (κ1) is 7.67. The number of tetrazole rings is 1. The Morgan fingerprint density at radius 2 is 2.20 bits per heavy atom. The monoisotopic (exact) mass is 182 g/mol. The highest BCUT2D eigenvalue weighted by molar-refractivity contribution is 7.80. The fourth-order valence-electron chi connectivity index (χ4n) is 0.347. The molecular formula is CH3N4O3PS. The lowest BCUT2D eigenvalue weighted by atomic mass is 11.4. The van der Waals surface area contributed by atoms with Crippen LogP contribution in [0.4, 0.5) is 0 Å². The lowest BCUT2D eigenvalue weighted by Crippen LogP contribution is -1.97. The van der Waals surface area contributed by atoms with Gasteiger partial charge in [-0.1, -0.05) is 0 Å². The molecule has 0 aliphatic rings. The van der Waals surface area contributed by atoms with Crippen molar-refractivity contribution in [3.63, 3.8) is 0 Å². The highest BCUT2D eigenvalue weighted by Gasteiger charge is 2.21. The van der Waals surface area contributed by atoms with Crippen LogP contribution in [0.15, 0.2) is 5.16 Å². The molecule has 0 saturated carbocycles. The molecule has 0 unspecified atom stereocenters. The van der Waals surface area contributed by atoms with Crippen molar-refractivity contribution < 1.29 is 14.4 Å². The minimum absolute atomic E-state index is 0.215. The fraction of sp³-hybridized carbons (Fsp3) is 0. The van der Waals surface area contributed by atoms with Gasteiger partial charge in [-0.05, 0) is 10.4 Å². The van der Waals surface area contributed by atoms with Crippen molar-refractivity contribution in [3.8, 4) is 0 Å². The third-order valence-electron chi connectivity index (χ3n) is 0.685. The molecular weight excluding hydrogens is 179 g/mol. The van der Waals surface area contributed by atoms with Gasteiger partial charge in [0.15, 0.2) is 0 Å². The molecule has 0 spiro atoms. The average molecular weight is 182 g/mol. The largest absolute Gasteiger partial charge is 0.453 e. The maximum atomic E-state index is 10.4. The smallest absolute Gasteiger partial charge is 0.307 e. The molecule has 0 bridgehead atoms. The number of thiol groups is 1. The molecule has 0 saturated heterocycles. The molecule has 0 atom stereocenters. The topological polar surface area (TPSA) is 101 Å². The van der Waals surface area contributed by atoms with E-state index >= 15 is 0 Å². The van der Waals surface area contributed by atoms with Crippen LogP contribution in [-0.2, 0) is 4.57 Å². The van der Waals surface area contributed by atoms with Crippen LogP contribution in [0, 0.1) is 0 Å². The van der Waals surface area contributed by atoms with Crippen molar-refractivity contribution in [2.45, 2.75) is 5.16 Å². The highest BCUT2D eigenvalue weighted by atomic mass is 32.1. The number of nitrogens with zero attached hydrogens (tertiary/aromatic N) is 4. The molecule has 56 valence electrons. The Hall–Kier alpha value is -0.430. The van der Waals surface area contributed by atoms with E-state index in [-0.39, 0.29) is 5.16 Å². The Bertz CT molecular complexity index is 278. The van der Waals surface area contributed by atoms with Crippen LogP contribution >= 0.6 is 20.4 Å². The summed E-state index contributed by atoms with van der Waals surface area (Å²) in [7, 11) is -4.40. The molecule has 1 heterocycles. The molecule has 0 aliphatic heterocycles. The SMILES string of the molecule is O=P(O)(O)n1nnnc1S. The van der Waals surface area contributed by atoms with Crippen molar-refractivity contribution in [2.24, 2.45) is 0 Å². The van der Waals surface area contributed by atoms with Crippen LogP contribution in [0.25, 0.3) is 0 Å². The Morgan fingerprint density at radius 1 is 1.60 bits per heavy atom. The predicted molar refractivity (Wildman–Crippen MR) is 32.5 cm³/mol. The summed E-state index contributed by atoms with van der Waals surface area (Å²) < 4.78 is 10.7. The zero-order chi connectivity index (χ0) is 7.78. The van der Waals surface area contributed by atoms with Crippen LogP contribution < -0.4 is 0 Å². The van der Waals surface area contributed by atoms with Crippen molar-refractivity contribution in [3.05, 3.63) is 0 Å². The number of rotatable bonds is 1. The predicted octanol–water partition coefficient (Wildman–Crippen LogP) is -1.10. The molecule has 0 aliphatic carbocycles. The number of hydrogen-bond acceptors (Lipinski definition) is 5. The second kappa shape index (κ2) is 2.31. The lowest BCUT2D eigenvalue weighted by molar-refractivity contribution is 0.349. The molecule has 9 heteroatoms. The zero-order valence-electron chi connectivity index (χ0n) is 4.49. The Kier molecular flexibility index (Phi) is 1.78. The molecule has 10 heavy (non-hydrogen) atoms. The van der Waals surface area contributed by atoms with Gasteiger partial charge in [-0.2, -0.15) is 0 Å². The van der Waals surface area contributed by atoms with Crippen LogP contribution in [0.3, 0.4) is 0 Å². The normalized spacial score (nSPS) is 11.9. The first-order chi connectivity index (χ1) is 4.52. The summed E-state index contributed by atoms with van der Waals surface area (Å²) in [6, 6.07) is 0. The molecule has 2 N–H and O–H groups in total. The quantitative estimate of drug-likeness (QED) is 0.376. The molecule has 0 radical (unpaired) electrons. The van der Waals surface area contributed by atoms with E-state index < -0.39 is 7.75 Å². The van der Waals surface area contributed by atoms with Gasteiger partial charge in [-0.3, -0.25) is 0 Å². The summed E-state index contributed by atoms with van der Waals surface area (Å²) in [5, 5.41) is 8.93. The van der Waals surface area contributed by atoms with Gasteiger partial charge in [0, 0.05) is 0 Å². The van der Waals surface area contributed by atoms with Gasteiger partial charge in [0.25, 0.3) is 0 Å². The molecule has 1 aromatic rings. The number of hydrogen-bond donors (Lipinski definition) is 3. The summed E-state index contributed by atoms with van der Waals surface area (Å²) in [6.45, 7) is 0. The van der Waals surface area contributed by atoms with E-state index in [4.69, 9.17) is 9.79 Å². The van der Waals surface area contributed by atoms with Crippen molar-refractivity contribution >= 4 is 20.4 Å². The second-order valence-electron chi connectivity index (χ2n) is 1.38. The van der Waals surface area contributed by atoms with Gasteiger partial charge in [0.1, 0.15) is 0 Å². The van der Waals surface area contributed by atoms with E-state index in [0.29, 0.717) is 4.45 Å². The van der Waals surface area contributed by atoms with Crippen LogP contribution in [-0.4, -0.2) is 29.8 Å². The molecule has 0 aromatic carbocycles. The van der Waals surface area contributed by atoms with E-state index in [0.717, 1.165) is 0 Å².